The van der Waals surface area contributed by atoms with Gasteiger partial charge < -0.3 is 14.4 Å². The van der Waals surface area contributed by atoms with Crippen molar-refractivity contribution in [2.75, 3.05) is 40.5 Å². The van der Waals surface area contributed by atoms with Crippen LogP contribution in [0.5, 0.6) is 0 Å². The molecule has 2 heterocycles. The third kappa shape index (κ3) is 3.71. The first-order valence-corrected chi connectivity index (χ1v) is 9.70. The third-order valence-electron chi connectivity index (χ3n) is 5.89. The van der Waals surface area contributed by atoms with E-state index in [4.69, 9.17) is 21.1 Å². The standard InChI is InChI=1S/C20H27ClN2O4/c1-20(19(25)26-3)13-15(18(24)23-9-6-11-27-12-10-23)17(22(20)2)14-7-4-5-8-16(14)21/h4-5,7-8,15,17H,6,9-13H2,1-3H3/t15-,17-,20-/m0/s1. The molecule has 6 nitrogen and oxygen atoms in total. The van der Waals surface area contributed by atoms with Gasteiger partial charge in [-0.1, -0.05) is 29.8 Å². The number of nitrogens with zero attached hydrogens (tertiary/aromatic N) is 2. The van der Waals surface area contributed by atoms with Gasteiger partial charge in [-0.3, -0.25) is 14.5 Å². The summed E-state index contributed by atoms with van der Waals surface area (Å²) >= 11 is 6.47. The molecule has 0 saturated carbocycles. The van der Waals surface area contributed by atoms with Gasteiger partial charge in [-0.25, -0.2) is 0 Å². The number of rotatable bonds is 3. The summed E-state index contributed by atoms with van der Waals surface area (Å²) in [6.07, 6.45) is 1.21. The summed E-state index contributed by atoms with van der Waals surface area (Å²) in [6, 6.07) is 7.23. The SMILES string of the molecule is COC(=O)[C@]1(C)C[C@H](C(=O)N2CCCOCC2)[C@H](c2ccccc2Cl)N1C. The van der Waals surface area contributed by atoms with Gasteiger partial charge in [0.2, 0.25) is 5.91 Å². The Morgan fingerprint density at radius 1 is 1.26 bits per heavy atom. The first kappa shape index (κ1) is 20.1. The molecule has 1 amide bonds. The van der Waals surface area contributed by atoms with E-state index in [-0.39, 0.29) is 23.8 Å². The molecule has 3 atom stereocenters. The maximum Gasteiger partial charge on any atom is 0.326 e. The number of ether oxygens (including phenoxy) is 2. The van der Waals surface area contributed by atoms with Gasteiger partial charge in [0.15, 0.2) is 0 Å². The molecule has 2 saturated heterocycles. The number of likely N-dealkylation sites (tertiary alicyclic amines) is 1. The Morgan fingerprint density at radius 2 is 2.00 bits per heavy atom. The van der Waals surface area contributed by atoms with Crippen LogP contribution in [-0.2, 0) is 19.1 Å². The van der Waals surface area contributed by atoms with E-state index in [1.54, 1.807) is 0 Å². The smallest absolute Gasteiger partial charge is 0.326 e. The first-order valence-electron chi connectivity index (χ1n) is 9.32. The highest BCUT2D eigenvalue weighted by atomic mass is 35.5. The zero-order valence-corrected chi connectivity index (χ0v) is 16.9. The second kappa shape index (κ2) is 8.17. The number of carbonyl (C=O) groups is 2. The Morgan fingerprint density at radius 3 is 2.70 bits per heavy atom. The number of amides is 1. The van der Waals surface area contributed by atoms with E-state index >= 15 is 0 Å². The van der Waals surface area contributed by atoms with Crippen LogP contribution in [-0.4, -0.2) is 67.7 Å². The van der Waals surface area contributed by atoms with Crippen molar-refractivity contribution in [2.45, 2.75) is 31.3 Å². The van der Waals surface area contributed by atoms with E-state index in [2.05, 4.69) is 0 Å². The van der Waals surface area contributed by atoms with Crippen LogP contribution in [0.4, 0.5) is 0 Å². The van der Waals surface area contributed by atoms with Gasteiger partial charge in [0.1, 0.15) is 5.54 Å². The lowest BCUT2D eigenvalue weighted by molar-refractivity contribution is -0.152. The highest BCUT2D eigenvalue weighted by molar-refractivity contribution is 6.31. The van der Waals surface area contributed by atoms with Crippen molar-refractivity contribution in [3.05, 3.63) is 34.9 Å². The minimum absolute atomic E-state index is 0.0462. The monoisotopic (exact) mass is 394 g/mol. The molecule has 0 unspecified atom stereocenters. The number of esters is 1. The quantitative estimate of drug-likeness (QED) is 0.737. The van der Waals surface area contributed by atoms with E-state index in [1.165, 1.54) is 7.11 Å². The molecule has 0 N–H and O–H groups in total. The molecule has 1 aromatic carbocycles. The molecule has 27 heavy (non-hydrogen) atoms. The summed E-state index contributed by atoms with van der Waals surface area (Å²) < 4.78 is 10.5. The number of methoxy groups -OCH3 is 1. The summed E-state index contributed by atoms with van der Waals surface area (Å²) in [4.78, 5) is 29.8. The van der Waals surface area contributed by atoms with Crippen molar-refractivity contribution >= 4 is 23.5 Å². The van der Waals surface area contributed by atoms with Gasteiger partial charge in [0, 0.05) is 30.8 Å². The van der Waals surface area contributed by atoms with Crippen molar-refractivity contribution in [2.24, 2.45) is 5.92 Å². The van der Waals surface area contributed by atoms with E-state index in [1.807, 2.05) is 48.0 Å². The maximum atomic E-state index is 13.4. The molecule has 0 aromatic heterocycles. The number of benzene rings is 1. The second-order valence-electron chi connectivity index (χ2n) is 7.44. The molecule has 0 aliphatic carbocycles. The lowest BCUT2D eigenvalue weighted by atomic mass is 9.89. The van der Waals surface area contributed by atoms with Gasteiger partial charge >= 0.3 is 5.97 Å². The average Bonchev–Trinajstić information content (AvgIpc) is 2.85. The molecule has 1 aromatic rings. The molecule has 0 bridgehead atoms. The lowest BCUT2D eigenvalue weighted by Gasteiger charge is -2.33. The van der Waals surface area contributed by atoms with Crippen LogP contribution in [0.25, 0.3) is 0 Å². The predicted octanol–water partition coefficient (Wildman–Crippen LogP) is 2.51. The van der Waals surface area contributed by atoms with E-state index in [0.29, 0.717) is 37.7 Å². The topological polar surface area (TPSA) is 59.1 Å². The summed E-state index contributed by atoms with van der Waals surface area (Å²) in [5, 5.41) is 0.598. The normalized spacial score (nSPS) is 29.4. The molecule has 0 radical (unpaired) electrons. The van der Waals surface area contributed by atoms with Crippen LogP contribution in [0.15, 0.2) is 24.3 Å². The fraction of sp³-hybridized carbons (Fsp3) is 0.600. The van der Waals surface area contributed by atoms with Crippen LogP contribution in [0, 0.1) is 5.92 Å². The molecule has 2 aliphatic rings. The number of carbonyl (C=O) groups excluding carboxylic acids is 2. The van der Waals surface area contributed by atoms with Crippen molar-refractivity contribution < 1.29 is 19.1 Å². The number of hydrogen-bond donors (Lipinski definition) is 0. The highest BCUT2D eigenvalue weighted by Gasteiger charge is 2.55. The molecule has 0 spiro atoms. The summed E-state index contributed by atoms with van der Waals surface area (Å²) in [5.74, 6) is -0.668. The van der Waals surface area contributed by atoms with E-state index in [9.17, 15) is 9.59 Å². The fourth-order valence-corrected chi connectivity index (χ4v) is 4.52. The van der Waals surface area contributed by atoms with Crippen molar-refractivity contribution in [1.29, 1.82) is 0 Å². The van der Waals surface area contributed by atoms with Crippen LogP contribution in [0.2, 0.25) is 5.02 Å². The average molecular weight is 395 g/mol. The van der Waals surface area contributed by atoms with Crippen molar-refractivity contribution in [3.8, 4) is 0 Å². The van der Waals surface area contributed by atoms with Gasteiger partial charge in [0.25, 0.3) is 0 Å². The Balaban J connectivity index is 1.99. The Hall–Kier alpha value is -1.63. The van der Waals surface area contributed by atoms with Crippen LogP contribution >= 0.6 is 11.6 Å². The molecule has 2 aliphatic heterocycles. The van der Waals surface area contributed by atoms with Crippen molar-refractivity contribution in [3.63, 3.8) is 0 Å². The van der Waals surface area contributed by atoms with Crippen LogP contribution in [0.1, 0.15) is 31.4 Å². The minimum atomic E-state index is -0.888. The maximum absolute atomic E-state index is 13.4. The second-order valence-corrected chi connectivity index (χ2v) is 7.85. The largest absolute Gasteiger partial charge is 0.468 e. The molecule has 148 valence electrons. The van der Waals surface area contributed by atoms with Gasteiger partial charge in [-0.2, -0.15) is 0 Å². The molecule has 2 fully saturated rings. The molecule has 3 rings (SSSR count). The summed E-state index contributed by atoms with van der Waals surface area (Å²) in [5.41, 5.74) is -0.0277. The number of likely N-dealkylation sites (N-methyl/N-ethyl adjacent to an activating group) is 1. The van der Waals surface area contributed by atoms with Crippen LogP contribution in [0.3, 0.4) is 0 Å². The Kier molecular flexibility index (Phi) is 6.08. The van der Waals surface area contributed by atoms with E-state index < -0.39 is 5.54 Å². The summed E-state index contributed by atoms with van der Waals surface area (Å²) in [6.45, 7) is 4.29. The lowest BCUT2D eigenvalue weighted by Crippen LogP contribution is -2.47. The molecular formula is C20H27ClN2O4. The summed E-state index contributed by atoms with van der Waals surface area (Å²) in [7, 11) is 3.25. The van der Waals surface area contributed by atoms with Gasteiger partial charge in [0.05, 0.1) is 19.6 Å². The van der Waals surface area contributed by atoms with Crippen molar-refractivity contribution in [1.82, 2.24) is 9.80 Å². The minimum Gasteiger partial charge on any atom is -0.468 e. The fourth-order valence-electron chi connectivity index (χ4n) is 4.27. The first-order chi connectivity index (χ1) is 12.9. The predicted molar refractivity (Wildman–Crippen MR) is 103 cm³/mol. The third-order valence-corrected chi connectivity index (χ3v) is 6.24. The van der Waals surface area contributed by atoms with Gasteiger partial charge in [-0.05, 0) is 38.4 Å². The Bertz CT molecular complexity index is 705. The Labute approximate surface area is 165 Å². The van der Waals surface area contributed by atoms with E-state index in [0.717, 1.165) is 12.0 Å². The zero-order valence-electron chi connectivity index (χ0n) is 16.1. The van der Waals surface area contributed by atoms with Gasteiger partial charge in [-0.15, -0.1) is 0 Å². The molecule has 7 heteroatoms. The zero-order chi connectivity index (χ0) is 19.6. The number of halogens is 1. The molecular weight excluding hydrogens is 368 g/mol. The van der Waals surface area contributed by atoms with Crippen LogP contribution < -0.4 is 0 Å². The number of hydrogen-bond acceptors (Lipinski definition) is 5. The highest BCUT2D eigenvalue weighted by Crippen LogP contribution is 2.48.